The van der Waals surface area contributed by atoms with Crippen LogP contribution in [0.1, 0.15) is 17.3 Å². The molecule has 0 bridgehead atoms. The molecule has 8 heteroatoms. The van der Waals surface area contributed by atoms with Gasteiger partial charge in [-0.3, -0.25) is 14.4 Å². The molecule has 1 atom stereocenters. The van der Waals surface area contributed by atoms with E-state index in [4.69, 9.17) is 14.6 Å². The molecule has 112 valence electrons. The SMILES string of the molecule is C[C@H](NC(=O)CNC(=O)c1ccc2c(c1)OCO2)C(=O)O. The molecule has 1 aliphatic rings. The van der Waals surface area contributed by atoms with Gasteiger partial charge in [0.2, 0.25) is 12.7 Å². The van der Waals surface area contributed by atoms with Crippen LogP contribution in [0.4, 0.5) is 0 Å². The molecule has 0 spiro atoms. The third kappa shape index (κ3) is 3.62. The molecule has 2 amide bonds. The molecule has 1 aliphatic heterocycles. The van der Waals surface area contributed by atoms with Crippen molar-refractivity contribution < 1.29 is 29.0 Å². The van der Waals surface area contributed by atoms with E-state index in [-0.39, 0.29) is 13.3 Å². The molecule has 8 nitrogen and oxygen atoms in total. The van der Waals surface area contributed by atoms with Gasteiger partial charge in [0, 0.05) is 5.56 Å². The molecule has 3 N–H and O–H groups in total. The van der Waals surface area contributed by atoms with Gasteiger partial charge in [0.15, 0.2) is 11.5 Å². The second-order valence-electron chi connectivity index (χ2n) is 4.38. The fraction of sp³-hybridized carbons (Fsp3) is 0.308. The highest BCUT2D eigenvalue weighted by Gasteiger charge is 2.17. The number of benzene rings is 1. The molecule has 1 aromatic rings. The first-order chi connectivity index (χ1) is 9.97. The lowest BCUT2D eigenvalue weighted by Gasteiger charge is -2.10. The van der Waals surface area contributed by atoms with E-state index in [1.165, 1.54) is 13.0 Å². The van der Waals surface area contributed by atoms with E-state index in [9.17, 15) is 14.4 Å². The Morgan fingerprint density at radius 2 is 2.00 bits per heavy atom. The maximum atomic E-state index is 11.9. The van der Waals surface area contributed by atoms with Crippen LogP contribution in [0.2, 0.25) is 0 Å². The quantitative estimate of drug-likeness (QED) is 0.689. The van der Waals surface area contributed by atoms with Crippen molar-refractivity contribution in [2.75, 3.05) is 13.3 Å². The van der Waals surface area contributed by atoms with Crippen LogP contribution in [0, 0.1) is 0 Å². The highest BCUT2D eigenvalue weighted by molar-refractivity contribution is 5.97. The van der Waals surface area contributed by atoms with Gasteiger partial charge in [-0.1, -0.05) is 0 Å². The lowest BCUT2D eigenvalue weighted by atomic mass is 10.2. The molecule has 0 saturated heterocycles. The van der Waals surface area contributed by atoms with E-state index >= 15 is 0 Å². The minimum absolute atomic E-state index is 0.107. The Bertz CT molecular complexity index is 586. The van der Waals surface area contributed by atoms with Crippen molar-refractivity contribution in [3.8, 4) is 11.5 Å². The summed E-state index contributed by atoms with van der Waals surface area (Å²) in [4.78, 5) is 33.9. The van der Waals surface area contributed by atoms with Crippen molar-refractivity contribution in [2.45, 2.75) is 13.0 Å². The summed E-state index contributed by atoms with van der Waals surface area (Å²) in [6, 6.07) is 3.64. The summed E-state index contributed by atoms with van der Waals surface area (Å²) in [5.41, 5.74) is 0.318. The number of nitrogens with one attached hydrogen (secondary N) is 2. The Labute approximate surface area is 120 Å². The molecule has 21 heavy (non-hydrogen) atoms. The van der Waals surface area contributed by atoms with Crippen LogP contribution in [0.5, 0.6) is 11.5 Å². The average molecular weight is 294 g/mol. The van der Waals surface area contributed by atoms with Gasteiger partial charge >= 0.3 is 5.97 Å². The number of carbonyl (C=O) groups is 3. The van der Waals surface area contributed by atoms with E-state index in [2.05, 4.69) is 10.6 Å². The molecule has 1 heterocycles. The Morgan fingerprint density at radius 3 is 2.71 bits per heavy atom. The Hall–Kier alpha value is -2.77. The second kappa shape index (κ2) is 6.12. The molecule has 0 saturated carbocycles. The molecule has 0 aliphatic carbocycles. The minimum atomic E-state index is -1.15. The number of carboxylic acids is 1. The number of carbonyl (C=O) groups excluding carboxylic acids is 2. The maximum Gasteiger partial charge on any atom is 0.325 e. The number of rotatable bonds is 5. The van der Waals surface area contributed by atoms with Crippen LogP contribution in [0.15, 0.2) is 18.2 Å². The standard InChI is InChI=1S/C13H14N2O6/c1-7(13(18)19)15-11(16)5-14-12(17)8-2-3-9-10(4-8)21-6-20-9/h2-4,7H,5-6H2,1H3,(H,14,17)(H,15,16)(H,18,19)/t7-/m0/s1. The summed E-state index contributed by atoms with van der Waals surface area (Å²) in [7, 11) is 0. The van der Waals surface area contributed by atoms with Gasteiger partial charge in [0.05, 0.1) is 6.54 Å². The molecule has 0 aromatic heterocycles. The maximum absolute atomic E-state index is 11.9. The first-order valence-corrected chi connectivity index (χ1v) is 6.17. The van der Waals surface area contributed by atoms with Crippen molar-refractivity contribution >= 4 is 17.8 Å². The molecule has 1 aromatic carbocycles. The zero-order valence-electron chi connectivity index (χ0n) is 11.2. The zero-order chi connectivity index (χ0) is 15.4. The number of ether oxygens (including phenoxy) is 2. The first-order valence-electron chi connectivity index (χ1n) is 6.17. The summed E-state index contributed by atoms with van der Waals surface area (Å²) < 4.78 is 10.3. The highest BCUT2D eigenvalue weighted by atomic mass is 16.7. The topological polar surface area (TPSA) is 114 Å². The second-order valence-corrected chi connectivity index (χ2v) is 4.38. The largest absolute Gasteiger partial charge is 0.480 e. The molecular formula is C13H14N2O6. The lowest BCUT2D eigenvalue weighted by molar-refractivity contribution is -0.141. The highest BCUT2D eigenvalue weighted by Crippen LogP contribution is 2.32. The number of amides is 2. The van der Waals surface area contributed by atoms with Crippen LogP contribution >= 0.6 is 0 Å². The van der Waals surface area contributed by atoms with Gasteiger partial charge < -0.3 is 25.2 Å². The Kier molecular flexibility index (Phi) is 4.27. The lowest BCUT2D eigenvalue weighted by Crippen LogP contribution is -2.43. The summed E-state index contributed by atoms with van der Waals surface area (Å²) in [5, 5.41) is 13.3. The van der Waals surface area contributed by atoms with Crippen LogP contribution in [-0.2, 0) is 9.59 Å². The monoisotopic (exact) mass is 294 g/mol. The van der Waals surface area contributed by atoms with E-state index in [0.717, 1.165) is 0 Å². The molecule has 0 radical (unpaired) electrons. The van der Waals surface area contributed by atoms with Crippen molar-refractivity contribution in [2.24, 2.45) is 0 Å². The first kappa shape index (κ1) is 14.6. The van der Waals surface area contributed by atoms with Crippen molar-refractivity contribution in [1.29, 1.82) is 0 Å². The van der Waals surface area contributed by atoms with Crippen LogP contribution in [0.25, 0.3) is 0 Å². The fourth-order valence-electron chi connectivity index (χ4n) is 1.65. The molecule has 2 rings (SSSR count). The molecule has 0 unspecified atom stereocenters. The summed E-state index contributed by atoms with van der Waals surface area (Å²) >= 11 is 0. The van der Waals surface area contributed by atoms with Crippen molar-refractivity contribution in [1.82, 2.24) is 10.6 Å². The van der Waals surface area contributed by atoms with Crippen molar-refractivity contribution in [3.05, 3.63) is 23.8 Å². The van der Waals surface area contributed by atoms with E-state index < -0.39 is 23.8 Å². The summed E-state index contributed by atoms with van der Waals surface area (Å²) in [5.74, 6) is -1.18. The molecular weight excluding hydrogens is 280 g/mol. The predicted molar refractivity (Wildman–Crippen MR) is 70.1 cm³/mol. The Balaban J connectivity index is 1.87. The fourth-order valence-corrected chi connectivity index (χ4v) is 1.65. The number of hydrogen-bond acceptors (Lipinski definition) is 5. The van der Waals surface area contributed by atoms with Gasteiger partial charge in [-0.05, 0) is 25.1 Å². The van der Waals surface area contributed by atoms with Gasteiger partial charge in [0.25, 0.3) is 5.91 Å². The van der Waals surface area contributed by atoms with Crippen LogP contribution in [-0.4, -0.2) is 42.3 Å². The van der Waals surface area contributed by atoms with Crippen molar-refractivity contribution in [3.63, 3.8) is 0 Å². The number of aliphatic carboxylic acids is 1. The normalized spacial score (nSPS) is 13.4. The summed E-state index contributed by atoms with van der Waals surface area (Å²) in [6.45, 7) is 1.13. The smallest absolute Gasteiger partial charge is 0.325 e. The number of fused-ring (bicyclic) bond motifs is 1. The molecule has 0 fully saturated rings. The van der Waals surface area contributed by atoms with Gasteiger partial charge in [-0.15, -0.1) is 0 Å². The third-order valence-electron chi connectivity index (χ3n) is 2.79. The average Bonchev–Trinajstić information content (AvgIpc) is 2.91. The van der Waals surface area contributed by atoms with Crippen LogP contribution in [0.3, 0.4) is 0 Å². The van der Waals surface area contributed by atoms with Gasteiger partial charge in [-0.25, -0.2) is 0 Å². The van der Waals surface area contributed by atoms with E-state index in [1.54, 1.807) is 12.1 Å². The van der Waals surface area contributed by atoms with E-state index in [1.807, 2.05) is 0 Å². The summed E-state index contributed by atoms with van der Waals surface area (Å²) in [6.07, 6.45) is 0. The third-order valence-corrected chi connectivity index (χ3v) is 2.79. The van der Waals surface area contributed by atoms with Gasteiger partial charge in [-0.2, -0.15) is 0 Å². The minimum Gasteiger partial charge on any atom is -0.480 e. The van der Waals surface area contributed by atoms with E-state index in [0.29, 0.717) is 17.1 Å². The Morgan fingerprint density at radius 1 is 1.29 bits per heavy atom. The number of carboxylic acid groups (broad SMARTS) is 1. The number of hydrogen-bond donors (Lipinski definition) is 3. The van der Waals surface area contributed by atoms with Gasteiger partial charge in [0.1, 0.15) is 6.04 Å². The van der Waals surface area contributed by atoms with Crippen LogP contribution < -0.4 is 20.1 Å². The zero-order valence-corrected chi connectivity index (χ0v) is 11.2. The predicted octanol–water partition coefficient (Wildman–Crippen LogP) is -0.266.